The van der Waals surface area contributed by atoms with Gasteiger partial charge in [0.1, 0.15) is 5.82 Å². The number of aliphatic hydroxyl groups is 1. The molecule has 0 saturated heterocycles. The summed E-state index contributed by atoms with van der Waals surface area (Å²) in [7, 11) is 0. The second kappa shape index (κ2) is 12.5. The Kier molecular flexibility index (Phi) is 10.2. The molecule has 0 aliphatic heterocycles. The Balaban J connectivity index is 2.65. The molecule has 1 aliphatic carbocycles. The van der Waals surface area contributed by atoms with Gasteiger partial charge in [-0.2, -0.15) is 0 Å². The van der Waals surface area contributed by atoms with Gasteiger partial charge in [0.15, 0.2) is 0 Å². The van der Waals surface area contributed by atoms with Gasteiger partial charge in [-0.3, -0.25) is 5.41 Å². The molecule has 1 aliphatic rings. The number of nitrogens with one attached hydrogen (secondary N) is 1. The lowest BCUT2D eigenvalue weighted by Gasteiger charge is -2.23. The summed E-state index contributed by atoms with van der Waals surface area (Å²) in [5.41, 5.74) is 12.3. The highest BCUT2D eigenvalue weighted by molar-refractivity contribution is 6.15. The number of halogens is 1. The van der Waals surface area contributed by atoms with Crippen LogP contribution in [0.25, 0.3) is 0 Å². The molecule has 2 rings (SSSR count). The van der Waals surface area contributed by atoms with Gasteiger partial charge >= 0.3 is 0 Å². The van der Waals surface area contributed by atoms with Gasteiger partial charge in [-0.25, -0.2) is 9.38 Å². The highest BCUT2D eigenvalue weighted by atomic mass is 19.1. The molecule has 37 heavy (non-hydrogen) atoms. The number of allylic oxidation sites excluding steroid dienone is 6. The summed E-state index contributed by atoms with van der Waals surface area (Å²) < 4.78 is 21.9. The largest absolute Gasteiger partial charge is 0.477 e. The molecule has 0 aromatic heterocycles. The maximum absolute atomic E-state index is 16.1. The van der Waals surface area contributed by atoms with E-state index in [-0.39, 0.29) is 29.2 Å². The molecule has 0 atom stereocenters. The van der Waals surface area contributed by atoms with Crippen molar-refractivity contribution >= 4 is 11.9 Å². The number of nitrogens with two attached hydrogens (primary N) is 1. The predicted molar refractivity (Wildman–Crippen MR) is 153 cm³/mol. The Labute approximate surface area is 222 Å². The van der Waals surface area contributed by atoms with E-state index >= 15 is 4.39 Å². The molecule has 1 fully saturated rings. The molecule has 1 saturated carbocycles. The standard InChI is InChI=1S/C31H44FN3O2/c1-10-18(4)19(5)27(20(6)22(8)33)30(34)28-24(11-2)26(16-36)25(21(7)29(28)32)15-35-23(9)37-17-31(12-3)13-14-31/h10,15,34,36H,9,11-14,16-17,33H2,1-8H3/b18-10-,22-20+,27-19-,34-30?,35-15-. The van der Waals surface area contributed by atoms with E-state index in [4.69, 9.17) is 10.5 Å². The number of aliphatic imine (C=N–C) groups is 1. The van der Waals surface area contributed by atoms with Crippen LogP contribution >= 0.6 is 0 Å². The minimum absolute atomic E-state index is 0.0543. The van der Waals surface area contributed by atoms with E-state index in [0.717, 1.165) is 36.0 Å². The summed E-state index contributed by atoms with van der Waals surface area (Å²) in [6.45, 7) is 19.3. The molecule has 0 amide bonds. The van der Waals surface area contributed by atoms with Gasteiger partial charge in [0, 0.05) is 34.0 Å². The average Bonchev–Trinajstić information content (AvgIpc) is 3.67. The molecule has 202 valence electrons. The van der Waals surface area contributed by atoms with Crippen LogP contribution in [0.1, 0.15) is 95.5 Å². The first-order valence-corrected chi connectivity index (χ1v) is 13.1. The summed E-state index contributed by atoms with van der Waals surface area (Å²) in [6, 6.07) is 0. The molecule has 1 aromatic rings. The third-order valence-corrected chi connectivity index (χ3v) is 7.91. The fourth-order valence-corrected chi connectivity index (χ4v) is 4.56. The minimum Gasteiger partial charge on any atom is -0.477 e. The average molecular weight is 510 g/mol. The van der Waals surface area contributed by atoms with Gasteiger partial charge in [-0.15, -0.1) is 0 Å². The van der Waals surface area contributed by atoms with Crippen LogP contribution in [0, 0.1) is 23.6 Å². The van der Waals surface area contributed by atoms with E-state index in [9.17, 15) is 10.5 Å². The van der Waals surface area contributed by atoms with Crippen LogP contribution in [0.2, 0.25) is 0 Å². The Hall–Kier alpha value is -2.99. The van der Waals surface area contributed by atoms with Gasteiger partial charge < -0.3 is 15.6 Å². The quantitative estimate of drug-likeness (QED) is 0.158. The molecular weight excluding hydrogens is 465 g/mol. The highest BCUT2D eigenvalue weighted by Gasteiger charge is 2.41. The first-order chi connectivity index (χ1) is 17.4. The van der Waals surface area contributed by atoms with Crippen LogP contribution in [-0.2, 0) is 17.8 Å². The number of hydrogen-bond acceptors (Lipinski definition) is 5. The van der Waals surface area contributed by atoms with Crippen LogP contribution < -0.4 is 5.73 Å². The Morgan fingerprint density at radius 2 is 1.81 bits per heavy atom. The van der Waals surface area contributed by atoms with Gasteiger partial charge in [0.05, 0.1) is 18.9 Å². The van der Waals surface area contributed by atoms with Crippen LogP contribution in [0.4, 0.5) is 4.39 Å². The van der Waals surface area contributed by atoms with Crippen molar-refractivity contribution < 1.29 is 14.2 Å². The summed E-state index contributed by atoms with van der Waals surface area (Å²) in [4.78, 5) is 4.36. The first kappa shape index (κ1) is 30.2. The van der Waals surface area contributed by atoms with Crippen molar-refractivity contribution in [2.75, 3.05) is 6.61 Å². The molecule has 0 spiro atoms. The second-order valence-corrected chi connectivity index (χ2v) is 10.1. The maximum atomic E-state index is 16.1. The van der Waals surface area contributed by atoms with Gasteiger partial charge in [-0.1, -0.05) is 25.5 Å². The molecule has 1 aromatic carbocycles. The molecule has 0 unspecified atom stereocenters. The summed E-state index contributed by atoms with van der Waals surface area (Å²) >= 11 is 0. The zero-order valence-electron chi connectivity index (χ0n) is 23.9. The maximum Gasteiger partial charge on any atom is 0.205 e. The van der Waals surface area contributed by atoms with Crippen LogP contribution in [0.3, 0.4) is 0 Å². The zero-order valence-corrected chi connectivity index (χ0v) is 23.9. The predicted octanol–water partition coefficient (Wildman–Crippen LogP) is 7.19. The summed E-state index contributed by atoms with van der Waals surface area (Å²) in [6.07, 6.45) is 7.26. The number of aliphatic hydroxyl groups excluding tert-OH is 1. The third kappa shape index (κ3) is 6.48. The summed E-state index contributed by atoms with van der Waals surface area (Å²) in [5, 5.41) is 19.6. The van der Waals surface area contributed by atoms with Crippen molar-refractivity contribution in [3.63, 3.8) is 0 Å². The Morgan fingerprint density at radius 3 is 2.27 bits per heavy atom. The van der Waals surface area contributed by atoms with Gasteiger partial charge in [0.2, 0.25) is 5.88 Å². The van der Waals surface area contributed by atoms with Crippen molar-refractivity contribution in [2.24, 2.45) is 16.1 Å². The topological polar surface area (TPSA) is 91.7 Å². The smallest absolute Gasteiger partial charge is 0.205 e. The fourth-order valence-electron chi connectivity index (χ4n) is 4.56. The highest BCUT2D eigenvalue weighted by Crippen LogP contribution is 2.49. The zero-order chi connectivity index (χ0) is 28.1. The first-order valence-electron chi connectivity index (χ1n) is 13.1. The monoisotopic (exact) mass is 509 g/mol. The molecule has 0 heterocycles. The molecule has 5 nitrogen and oxygen atoms in total. The van der Waals surface area contributed by atoms with E-state index < -0.39 is 5.82 Å². The van der Waals surface area contributed by atoms with E-state index in [1.54, 1.807) is 13.8 Å². The number of hydrogen-bond donors (Lipinski definition) is 3. The Bertz CT molecular complexity index is 1190. The lowest BCUT2D eigenvalue weighted by atomic mass is 9.83. The van der Waals surface area contributed by atoms with Crippen molar-refractivity contribution in [1.82, 2.24) is 0 Å². The second-order valence-electron chi connectivity index (χ2n) is 10.1. The number of ether oxygens (including phenoxy) is 1. The third-order valence-electron chi connectivity index (χ3n) is 7.91. The number of benzene rings is 1. The molecular formula is C31H44FN3O2. The number of rotatable bonds is 12. The molecule has 4 N–H and O–H groups in total. The van der Waals surface area contributed by atoms with E-state index in [1.165, 1.54) is 6.21 Å². The molecule has 0 bridgehead atoms. The van der Waals surface area contributed by atoms with Crippen LogP contribution in [0.5, 0.6) is 0 Å². The van der Waals surface area contributed by atoms with Gasteiger partial charge in [-0.05, 0) is 102 Å². The molecule has 0 radical (unpaired) electrons. The fraction of sp³-hybridized carbons (Fsp3) is 0.484. The van der Waals surface area contributed by atoms with Crippen molar-refractivity contribution in [1.29, 1.82) is 5.41 Å². The van der Waals surface area contributed by atoms with Gasteiger partial charge in [0.25, 0.3) is 0 Å². The molecule has 6 heteroatoms. The van der Waals surface area contributed by atoms with Crippen LogP contribution in [0.15, 0.2) is 51.5 Å². The lowest BCUT2D eigenvalue weighted by molar-refractivity contribution is 0.150. The van der Waals surface area contributed by atoms with Crippen molar-refractivity contribution in [3.8, 4) is 0 Å². The Morgan fingerprint density at radius 1 is 1.19 bits per heavy atom. The van der Waals surface area contributed by atoms with E-state index in [2.05, 4.69) is 18.5 Å². The SMILES string of the molecule is C=C(/N=C\c1c(C)c(F)c(C(=N)C(=C(C)\C(C)=C/C)/C(C)=C(\C)N)c(CC)c1CO)OCC1(CC)CC1. The normalized spacial score (nSPS) is 16.4. The van der Waals surface area contributed by atoms with E-state index in [0.29, 0.717) is 46.6 Å². The summed E-state index contributed by atoms with van der Waals surface area (Å²) in [5.74, 6) is -0.235. The van der Waals surface area contributed by atoms with Crippen molar-refractivity contribution in [3.05, 3.63) is 80.2 Å². The lowest BCUT2D eigenvalue weighted by Crippen LogP contribution is -2.19. The van der Waals surface area contributed by atoms with E-state index in [1.807, 2.05) is 40.7 Å². The number of nitrogens with zero attached hydrogens (tertiary/aromatic N) is 1. The van der Waals surface area contributed by atoms with Crippen molar-refractivity contribution in [2.45, 2.75) is 87.7 Å². The minimum atomic E-state index is -0.499. The van der Waals surface area contributed by atoms with Crippen LogP contribution in [-0.4, -0.2) is 23.6 Å².